The molecular formula is C9H17NO6S2. The van der Waals surface area contributed by atoms with Crippen molar-refractivity contribution in [2.24, 2.45) is 5.92 Å². The summed E-state index contributed by atoms with van der Waals surface area (Å²) in [6, 6.07) is 0. The first kappa shape index (κ1) is 15.4. The molecule has 18 heavy (non-hydrogen) atoms. The lowest BCUT2D eigenvalue weighted by Crippen LogP contribution is -2.44. The van der Waals surface area contributed by atoms with Gasteiger partial charge in [-0.05, 0) is 12.8 Å². The van der Waals surface area contributed by atoms with Crippen LogP contribution in [0.15, 0.2) is 0 Å². The molecule has 1 aliphatic heterocycles. The van der Waals surface area contributed by atoms with Crippen molar-refractivity contribution in [3.63, 3.8) is 0 Å². The Labute approximate surface area is 107 Å². The topological polar surface area (TPSA) is 109 Å². The van der Waals surface area contributed by atoms with Crippen molar-refractivity contribution in [3.05, 3.63) is 0 Å². The number of rotatable bonds is 5. The van der Waals surface area contributed by atoms with E-state index in [4.69, 9.17) is 5.11 Å². The fourth-order valence-corrected chi connectivity index (χ4v) is 4.91. The molecule has 0 aromatic rings. The van der Waals surface area contributed by atoms with E-state index in [0.717, 1.165) is 10.6 Å². The Bertz CT molecular complexity index is 509. The summed E-state index contributed by atoms with van der Waals surface area (Å²) in [5.41, 5.74) is 0. The lowest BCUT2D eigenvalue weighted by molar-refractivity contribution is -0.142. The van der Waals surface area contributed by atoms with Crippen LogP contribution in [-0.2, 0) is 24.7 Å². The molecule has 0 bridgehead atoms. The van der Waals surface area contributed by atoms with Crippen LogP contribution in [0.1, 0.15) is 12.8 Å². The van der Waals surface area contributed by atoms with Gasteiger partial charge >= 0.3 is 5.97 Å². The highest BCUT2D eigenvalue weighted by atomic mass is 32.2. The number of nitrogens with zero attached hydrogens (tertiary/aromatic N) is 1. The van der Waals surface area contributed by atoms with Crippen molar-refractivity contribution < 1.29 is 26.7 Å². The molecule has 1 fully saturated rings. The molecule has 106 valence electrons. The van der Waals surface area contributed by atoms with Gasteiger partial charge in [-0.3, -0.25) is 4.79 Å². The number of carboxylic acids is 1. The second-order valence-electron chi connectivity index (χ2n) is 4.48. The molecule has 1 N–H and O–H groups in total. The Balaban J connectivity index is 2.70. The van der Waals surface area contributed by atoms with Gasteiger partial charge in [0.25, 0.3) is 0 Å². The molecule has 0 aromatic carbocycles. The first-order valence-corrected chi connectivity index (χ1v) is 9.17. The number of piperidine rings is 1. The molecule has 0 spiro atoms. The van der Waals surface area contributed by atoms with Crippen molar-refractivity contribution in [1.82, 2.24) is 4.31 Å². The number of sulfone groups is 1. The van der Waals surface area contributed by atoms with E-state index in [2.05, 4.69) is 0 Å². The summed E-state index contributed by atoms with van der Waals surface area (Å²) in [6.45, 7) is 0.192. The van der Waals surface area contributed by atoms with Crippen molar-refractivity contribution in [1.29, 1.82) is 0 Å². The molecule has 1 heterocycles. The fourth-order valence-electron chi connectivity index (χ4n) is 1.78. The van der Waals surface area contributed by atoms with Crippen LogP contribution in [0.25, 0.3) is 0 Å². The predicted octanol–water partition coefficient (Wildman–Crippen LogP) is -0.843. The van der Waals surface area contributed by atoms with Crippen LogP contribution in [0, 0.1) is 5.92 Å². The molecule has 0 radical (unpaired) electrons. The van der Waals surface area contributed by atoms with Crippen LogP contribution in [0.5, 0.6) is 0 Å². The van der Waals surface area contributed by atoms with Crippen LogP contribution in [0.3, 0.4) is 0 Å². The van der Waals surface area contributed by atoms with Gasteiger partial charge in [0.2, 0.25) is 10.0 Å². The van der Waals surface area contributed by atoms with Gasteiger partial charge in [0.15, 0.2) is 0 Å². The van der Waals surface area contributed by atoms with E-state index >= 15 is 0 Å². The Morgan fingerprint density at radius 1 is 1.28 bits per heavy atom. The van der Waals surface area contributed by atoms with E-state index in [-0.39, 0.29) is 13.1 Å². The Morgan fingerprint density at radius 2 is 1.89 bits per heavy atom. The lowest BCUT2D eigenvalue weighted by atomic mass is 10.0. The van der Waals surface area contributed by atoms with Gasteiger partial charge in [-0.15, -0.1) is 0 Å². The first-order chi connectivity index (χ1) is 8.12. The Morgan fingerprint density at radius 3 is 2.39 bits per heavy atom. The van der Waals surface area contributed by atoms with E-state index in [1.807, 2.05) is 0 Å². The van der Waals surface area contributed by atoms with Gasteiger partial charge in [-0.2, -0.15) is 0 Å². The monoisotopic (exact) mass is 299 g/mol. The molecule has 0 aliphatic carbocycles. The average Bonchev–Trinajstić information content (AvgIpc) is 2.26. The normalized spacial score (nSPS) is 22.8. The molecule has 1 aliphatic rings. The second kappa shape index (κ2) is 5.54. The maximum absolute atomic E-state index is 11.9. The molecule has 1 saturated heterocycles. The standard InChI is InChI=1S/C9H17NO6S2/c1-17(13,14)5-6-18(15,16)10-4-2-3-8(7-10)9(11)12/h8H,2-7H2,1H3,(H,11,12). The van der Waals surface area contributed by atoms with Crippen LogP contribution in [0.2, 0.25) is 0 Å². The molecule has 0 saturated carbocycles. The maximum Gasteiger partial charge on any atom is 0.307 e. The zero-order valence-corrected chi connectivity index (χ0v) is 11.7. The van der Waals surface area contributed by atoms with Crippen LogP contribution in [0.4, 0.5) is 0 Å². The van der Waals surface area contributed by atoms with E-state index in [1.54, 1.807) is 0 Å². The maximum atomic E-state index is 11.9. The van der Waals surface area contributed by atoms with E-state index in [1.165, 1.54) is 0 Å². The highest BCUT2D eigenvalue weighted by molar-refractivity contribution is 7.93. The lowest BCUT2D eigenvalue weighted by Gasteiger charge is -2.29. The predicted molar refractivity (Wildman–Crippen MR) is 65.4 cm³/mol. The summed E-state index contributed by atoms with van der Waals surface area (Å²) in [7, 11) is -7.04. The first-order valence-electron chi connectivity index (χ1n) is 5.50. The average molecular weight is 299 g/mol. The van der Waals surface area contributed by atoms with Gasteiger partial charge in [0.1, 0.15) is 9.84 Å². The highest BCUT2D eigenvalue weighted by Gasteiger charge is 2.32. The summed E-state index contributed by atoms with van der Waals surface area (Å²) in [4.78, 5) is 10.8. The van der Waals surface area contributed by atoms with Gasteiger partial charge < -0.3 is 5.11 Å². The zero-order valence-electron chi connectivity index (χ0n) is 10.1. The molecule has 1 rings (SSSR count). The zero-order chi connectivity index (χ0) is 14.0. The summed E-state index contributed by atoms with van der Waals surface area (Å²) in [6.07, 6.45) is 1.90. The number of sulfonamides is 1. The van der Waals surface area contributed by atoms with Gasteiger partial charge in [-0.25, -0.2) is 21.1 Å². The Kier molecular flexibility index (Phi) is 4.73. The number of carbonyl (C=O) groups is 1. The molecule has 1 unspecified atom stereocenters. The van der Waals surface area contributed by atoms with Crippen molar-refractivity contribution in [3.8, 4) is 0 Å². The van der Waals surface area contributed by atoms with Gasteiger partial charge in [0.05, 0.1) is 17.4 Å². The molecule has 9 heteroatoms. The summed E-state index contributed by atoms with van der Waals surface area (Å²) >= 11 is 0. The number of carboxylic acid groups (broad SMARTS) is 1. The summed E-state index contributed by atoms with van der Waals surface area (Å²) in [5, 5.41) is 8.86. The van der Waals surface area contributed by atoms with E-state index in [9.17, 15) is 21.6 Å². The SMILES string of the molecule is CS(=O)(=O)CCS(=O)(=O)N1CCCC(C(=O)O)C1. The third kappa shape index (κ3) is 4.54. The molecule has 0 aromatic heterocycles. The minimum absolute atomic E-state index is 0.0680. The second-order valence-corrected chi connectivity index (χ2v) is 8.83. The van der Waals surface area contributed by atoms with Crippen molar-refractivity contribution >= 4 is 25.8 Å². The summed E-state index contributed by atoms with van der Waals surface area (Å²) < 4.78 is 46.7. The summed E-state index contributed by atoms with van der Waals surface area (Å²) in [5.74, 6) is -2.65. The molecule has 0 amide bonds. The van der Waals surface area contributed by atoms with Crippen molar-refractivity contribution in [2.75, 3.05) is 30.9 Å². The number of hydrogen-bond donors (Lipinski definition) is 1. The smallest absolute Gasteiger partial charge is 0.307 e. The molecule has 7 nitrogen and oxygen atoms in total. The quantitative estimate of drug-likeness (QED) is 0.709. The number of aliphatic carboxylic acids is 1. The van der Waals surface area contributed by atoms with Crippen LogP contribution < -0.4 is 0 Å². The third-order valence-corrected chi connectivity index (χ3v) is 5.88. The Hall–Kier alpha value is -0.670. The highest BCUT2D eigenvalue weighted by Crippen LogP contribution is 2.19. The van der Waals surface area contributed by atoms with Crippen LogP contribution in [-0.4, -0.2) is 63.1 Å². The fraction of sp³-hybridized carbons (Fsp3) is 0.889. The van der Waals surface area contributed by atoms with E-state index < -0.39 is 43.3 Å². The molecular weight excluding hydrogens is 282 g/mol. The third-order valence-electron chi connectivity index (χ3n) is 2.84. The van der Waals surface area contributed by atoms with Gasteiger partial charge in [0, 0.05) is 19.3 Å². The minimum atomic E-state index is -3.69. The van der Waals surface area contributed by atoms with Crippen LogP contribution >= 0.6 is 0 Å². The largest absolute Gasteiger partial charge is 0.481 e. The molecule has 1 atom stereocenters. The van der Waals surface area contributed by atoms with Crippen molar-refractivity contribution in [2.45, 2.75) is 12.8 Å². The van der Waals surface area contributed by atoms with Gasteiger partial charge in [-0.1, -0.05) is 0 Å². The number of hydrogen-bond acceptors (Lipinski definition) is 5. The van der Waals surface area contributed by atoms with E-state index in [0.29, 0.717) is 12.8 Å². The minimum Gasteiger partial charge on any atom is -0.481 e.